The summed E-state index contributed by atoms with van der Waals surface area (Å²) in [5, 5.41) is 3.45. The van der Waals surface area contributed by atoms with E-state index in [4.69, 9.17) is 14.2 Å². The fourth-order valence-corrected chi connectivity index (χ4v) is 2.82. The maximum Gasteiger partial charge on any atom is 0.124 e. The minimum Gasteiger partial charge on any atom is -0.493 e. The number of rotatable bonds is 12. The van der Waals surface area contributed by atoms with E-state index in [-0.39, 0.29) is 0 Å². The number of benzene rings is 3. The molecule has 0 unspecified atom stereocenters. The summed E-state index contributed by atoms with van der Waals surface area (Å²) in [4.78, 5) is 0. The number of ether oxygens (including phenoxy) is 3. The third-order valence-electron chi connectivity index (χ3n) is 4.43. The minimum absolute atomic E-state index is 0.504. The number of hydrogen-bond donors (Lipinski definition) is 1. The Morgan fingerprint density at radius 1 is 0.655 bits per heavy atom. The Morgan fingerprint density at radius 2 is 1.31 bits per heavy atom. The molecule has 0 amide bonds. The van der Waals surface area contributed by atoms with Crippen LogP contribution >= 0.6 is 0 Å². The van der Waals surface area contributed by atoms with Crippen molar-refractivity contribution in [3.05, 3.63) is 84.4 Å². The van der Waals surface area contributed by atoms with Crippen LogP contribution in [0.3, 0.4) is 0 Å². The van der Waals surface area contributed by atoms with Gasteiger partial charge < -0.3 is 19.5 Å². The Bertz CT molecular complexity index is 834. The fourth-order valence-electron chi connectivity index (χ4n) is 2.82. The average molecular weight is 392 g/mol. The lowest BCUT2D eigenvalue weighted by Gasteiger charge is -2.13. The molecule has 0 saturated heterocycles. The molecule has 0 saturated carbocycles. The van der Waals surface area contributed by atoms with Crippen LogP contribution < -0.4 is 19.5 Å². The molecule has 3 aromatic rings. The summed E-state index contributed by atoms with van der Waals surface area (Å²) in [6.07, 6.45) is 2.20. The van der Waals surface area contributed by atoms with Crippen LogP contribution in [0.25, 0.3) is 0 Å². The Labute approximate surface area is 173 Å². The Balaban J connectivity index is 1.42. The van der Waals surface area contributed by atoms with E-state index in [0.29, 0.717) is 19.8 Å². The molecule has 0 bridgehead atoms. The minimum atomic E-state index is 0.504. The van der Waals surface area contributed by atoms with Crippen molar-refractivity contribution >= 4 is 5.69 Å². The molecule has 0 spiro atoms. The molecule has 4 nitrogen and oxygen atoms in total. The van der Waals surface area contributed by atoms with Gasteiger partial charge >= 0.3 is 0 Å². The van der Waals surface area contributed by atoms with Gasteiger partial charge in [-0.1, -0.05) is 49.7 Å². The molecule has 0 fully saturated rings. The van der Waals surface area contributed by atoms with Gasteiger partial charge in [-0.25, -0.2) is 0 Å². The monoisotopic (exact) mass is 391 g/mol. The zero-order valence-corrected chi connectivity index (χ0v) is 17.0. The van der Waals surface area contributed by atoms with Gasteiger partial charge in [0.1, 0.15) is 30.5 Å². The summed E-state index contributed by atoms with van der Waals surface area (Å²) >= 11 is 0. The molecule has 3 aromatic carbocycles. The van der Waals surface area contributed by atoms with Crippen molar-refractivity contribution in [1.29, 1.82) is 0 Å². The summed E-state index contributed by atoms with van der Waals surface area (Å²) in [6, 6.07) is 25.9. The highest BCUT2D eigenvalue weighted by Gasteiger charge is 2.03. The third kappa shape index (κ3) is 7.07. The normalized spacial score (nSPS) is 10.4. The van der Waals surface area contributed by atoms with E-state index in [1.165, 1.54) is 0 Å². The van der Waals surface area contributed by atoms with Crippen LogP contribution in [0.2, 0.25) is 0 Å². The summed E-state index contributed by atoms with van der Waals surface area (Å²) in [5.74, 6) is 2.64. The number of anilines is 1. The largest absolute Gasteiger partial charge is 0.493 e. The van der Waals surface area contributed by atoms with Crippen molar-refractivity contribution in [3.63, 3.8) is 0 Å². The van der Waals surface area contributed by atoms with Crippen LogP contribution in [0.4, 0.5) is 5.69 Å². The second-order valence-electron chi connectivity index (χ2n) is 6.70. The SMILES string of the molecule is CCCCOc1ccccc1CNc1ccc(OCCOc2ccccc2)cc1. The zero-order chi connectivity index (χ0) is 20.2. The van der Waals surface area contributed by atoms with Crippen LogP contribution in [0.5, 0.6) is 17.2 Å². The molecule has 0 aliphatic rings. The maximum absolute atomic E-state index is 5.90. The van der Waals surface area contributed by atoms with E-state index in [2.05, 4.69) is 18.3 Å². The van der Waals surface area contributed by atoms with Crippen molar-refractivity contribution in [2.45, 2.75) is 26.3 Å². The molecule has 152 valence electrons. The molecule has 29 heavy (non-hydrogen) atoms. The summed E-state index contributed by atoms with van der Waals surface area (Å²) in [5.41, 5.74) is 2.20. The highest BCUT2D eigenvalue weighted by Crippen LogP contribution is 2.21. The van der Waals surface area contributed by atoms with E-state index in [1.807, 2.05) is 72.8 Å². The van der Waals surface area contributed by atoms with Crippen molar-refractivity contribution < 1.29 is 14.2 Å². The predicted molar refractivity (Wildman–Crippen MR) is 118 cm³/mol. The lowest BCUT2D eigenvalue weighted by atomic mass is 10.2. The van der Waals surface area contributed by atoms with Gasteiger partial charge in [0.05, 0.1) is 6.61 Å². The molecule has 3 rings (SSSR count). The third-order valence-corrected chi connectivity index (χ3v) is 4.43. The summed E-state index contributed by atoms with van der Waals surface area (Å²) in [7, 11) is 0. The highest BCUT2D eigenvalue weighted by atomic mass is 16.5. The van der Waals surface area contributed by atoms with E-state index in [0.717, 1.165) is 47.9 Å². The van der Waals surface area contributed by atoms with E-state index >= 15 is 0 Å². The van der Waals surface area contributed by atoms with Crippen molar-refractivity contribution in [2.24, 2.45) is 0 Å². The van der Waals surface area contributed by atoms with Crippen LogP contribution in [0, 0.1) is 0 Å². The number of nitrogens with one attached hydrogen (secondary N) is 1. The zero-order valence-electron chi connectivity index (χ0n) is 17.0. The standard InChI is InChI=1S/C25H29NO3/c1-2-3-17-29-25-12-8-7-9-21(25)20-26-22-13-15-24(16-14-22)28-19-18-27-23-10-5-4-6-11-23/h4-16,26H,2-3,17-20H2,1H3. The molecular formula is C25H29NO3. The first-order valence-corrected chi connectivity index (χ1v) is 10.2. The van der Waals surface area contributed by atoms with Gasteiger partial charge in [0.2, 0.25) is 0 Å². The Hall–Kier alpha value is -3.14. The van der Waals surface area contributed by atoms with E-state index < -0.39 is 0 Å². The van der Waals surface area contributed by atoms with Gasteiger partial charge in [0.15, 0.2) is 0 Å². The van der Waals surface area contributed by atoms with Gasteiger partial charge in [0.25, 0.3) is 0 Å². The Kier molecular flexibility index (Phi) is 8.27. The van der Waals surface area contributed by atoms with Gasteiger partial charge in [-0.2, -0.15) is 0 Å². The van der Waals surface area contributed by atoms with Gasteiger partial charge in [-0.3, -0.25) is 0 Å². The van der Waals surface area contributed by atoms with Gasteiger partial charge in [-0.15, -0.1) is 0 Å². The number of hydrogen-bond acceptors (Lipinski definition) is 4. The molecule has 0 atom stereocenters. The first-order chi connectivity index (χ1) is 14.3. The van der Waals surface area contributed by atoms with Gasteiger partial charge in [-0.05, 0) is 48.9 Å². The number of unbranched alkanes of at least 4 members (excludes halogenated alkanes) is 1. The average Bonchev–Trinajstić information content (AvgIpc) is 2.78. The lowest BCUT2D eigenvalue weighted by Crippen LogP contribution is -2.09. The highest BCUT2D eigenvalue weighted by molar-refractivity contribution is 5.48. The van der Waals surface area contributed by atoms with Crippen molar-refractivity contribution in [2.75, 3.05) is 25.1 Å². The second-order valence-corrected chi connectivity index (χ2v) is 6.70. The molecule has 0 heterocycles. The van der Waals surface area contributed by atoms with Crippen LogP contribution in [0.15, 0.2) is 78.9 Å². The maximum atomic E-state index is 5.90. The topological polar surface area (TPSA) is 39.7 Å². The molecular weight excluding hydrogens is 362 g/mol. The van der Waals surface area contributed by atoms with E-state index in [1.54, 1.807) is 0 Å². The molecule has 0 radical (unpaired) electrons. The van der Waals surface area contributed by atoms with Crippen LogP contribution in [-0.4, -0.2) is 19.8 Å². The lowest BCUT2D eigenvalue weighted by molar-refractivity contribution is 0.217. The first-order valence-electron chi connectivity index (χ1n) is 10.2. The molecule has 1 N–H and O–H groups in total. The van der Waals surface area contributed by atoms with Crippen molar-refractivity contribution in [3.8, 4) is 17.2 Å². The molecule has 0 aromatic heterocycles. The summed E-state index contributed by atoms with van der Waals surface area (Å²) < 4.78 is 17.3. The predicted octanol–water partition coefficient (Wildman–Crippen LogP) is 5.94. The molecule has 0 aliphatic heterocycles. The molecule has 0 aliphatic carbocycles. The molecule has 4 heteroatoms. The smallest absolute Gasteiger partial charge is 0.124 e. The van der Waals surface area contributed by atoms with Gasteiger partial charge in [0, 0.05) is 17.8 Å². The number of para-hydroxylation sites is 2. The fraction of sp³-hybridized carbons (Fsp3) is 0.280. The summed E-state index contributed by atoms with van der Waals surface area (Å²) in [6.45, 7) is 4.66. The van der Waals surface area contributed by atoms with Crippen LogP contribution in [-0.2, 0) is 6.54 Å². The quantitative estimate of drug-likeness (QED) is 0.388. The van der Waals surface area contributed by atoms with Crippen molar-refractivity contribution in [1.82, 2.24) is 0 Å². The second kappa shape index (κ2) is 11.6. The van der Waals surface area contributed by atoms with Crippen LogP contribution in [0.1, 0.15) is 25.3 Å². The first kappa shape index (κ1) is 20.6. The van der Waals surface area contributed by atoms with E-state index in [9.17, 15) is 0 Å². The Morgan fingerprint density at radius 3 is 2.03 bits per heavy atom.